The van der Waals surface area contributed by atoms with Crippen LogP contribution in [-0.4, -0.2) is 30.9 Å². The Morgan fingerprint density at radius 2 is 1.85 bits per heavy atom. The third kappa shape index (κ3) is 4.24. The second kappa shape index (κ2) is 7.77. The molecule has 0 aromatic heterocycles. The summed E-state index contributed by atoms with van der Waals surface area (Å²) >= 11 is 0. The zero-order valence-electron chi connectivity index (χ0n) is 14.2. The van der Waals surface area contributed by atoms with Crippen molar-refractivity contribution in [2.24, 2.45) is 0 Å². The molecular formula is C19H19NO6. The zero-order valence-corrected chi connectivity index (χ0v) is 14.2. The summed E-state index contributed by atoms with van der Waals surface area (Å²) in [4.78, 5) is 23.6. The topological polar surface area (TPSA) is 94.1 Å². The molecule has 0 radical (unpaired) electrons. The summed E-state index contributed by atoms with van der Waals surface area (Å²) in [7, 11) is 1.56. The van der Waals surface area contributed by atoms with Gasteiger partial charge in [-0.3, -0.25) is 9.59 Å². The molecule has 1 aliphatic rings. The van der Waals surface area contributed by atoms with Crippen LogP contribution < -0.4 is 19.5 Å². The normalized spacial score (nSPS) is 13.1. The Morgan fingerprint density at radius 3 is 2.54 bits per heavy atom. The molecule has 0 bridgehead atoms. The van der Waals surface area contributed by atoms with Crippen LogP contribution in [0.5, 0.6) is 17.2 Å². The molecule has 1 atom stereocenters. The lowest BCUT2D eigenvalue weighted by molar-refractivity contribution is -0.137. The third-order valence-corrected chi connectivity index (χ3v) is 4.10. The Morgan fingerprint density at radius 1 is 1.12 bits per heavy atom. The number of anilines is 1. The average Bonchev–Trinajstić information content (AvgIpc) is 3.08. The SMILES string of the molecule is COc1ccc(C(CC(=O)O)CC(=O)Nc2ccc3c(c2)OCO3)cc1. The number of hydrogen-bond donors (Lipinski definition) is 2. The van der Waals surface area contributed by atoms with Gasteiger partial charge in [-0.15, -0.1) is 0 Å². The minimum Gasteiger partial charge on any atom is -0.497 e. The van der Waals surface area contributed by atoms with Crippen LogP contribution in [-0.2, 0) is 9.59 Å². The van der Waals surface area contributed by atoms with E-state index >= 15 is 0 Å². The molecule has 2 aromatic carbocycles. The first-order valence-electron chi connectivity index (χ1n) is 8.10. The molecule has 2 aromatic rings. The minimum atomic E-state index is -0.957. The molecule has 1 unspecified atom stereocenters. The van der Waals surface area contributed by atoms with E-state index in [-0.39, 0.29) is 25.5 Å². The number of nitrogens with one attached hydrogen (secondary N) is 1. The van der Waals surface area contributed by atoms with Crippen molar-refractivity contribution in [3.05, 3.63) is 48.0 Å². The molecule has 136 valence electrons. The largest absolute Gasteiger partial charge is 0.497 e. The number of ether oxygens (including phenoxy) is 3. The van der Waals surface area contributed by atoms with Crippen molar-refractivity contribution in [1.29, 1.82) is 0 Å². The van der Waals surface area contributed by atoms with Gasteiger partial charge in [0.15, 0.2) is 11.5 Å². The first-order chi connectivity index (χ1) is 12.5. The summed E-state index contributed by atoms with van der Waals surface area (Å²) in [5, 5.41) is 11.9. The van der Waals surface area contributed by atoms with Crippen LogP contribution in [0, 0.1) is 0 Å². The number of amides is 1. The second-order valence-corrected chi connectivity index (χ2v) is 5.89. The van der Waals surface area contributed by atoms with Crippen molar-refractivity contribution in [3.8, 4) is 17.2 Å². The van der Waals surface area contributed by atoms with Gasteiger partial charge in [-0.05, 0) is 29.8 Å². The number of carbonyl (C=O) groups is 2. The number of hydrogen-bond acceptors (Lipinski definition) is 5. The molecule has 1 aliphatic heterocycles. The first-order valence-corrected chi connectivity index (χ1v) is 8.10. The van der Waals surface area contributed by atoms with Crippen LogP contribution in [0.1, 0.15) is 24.3 Å². The van der Waals surface area contributed by atoms with E-state index in [0.29, 0.717) is 22.9 Å². The molecule has 0 saturated heterocycles. The number of fused-ring (bicyclic) bond motifs is 1. The van der Waals surface area contributed by atoms with Crippen molar-refractivity contribution >= 4 is 17.6 Å². The van der Waals surface area contributed by atoms with Crippen LogP contribution in [0.25, 0.3) is 0 Å². The van der Waals surface area contributed by atoms with E-state index in [9.17, 15) is 9.59 Å². The van der Waals surface area contributed by atoms with Gasteiger partial charge in [0.25, 0.3) is 0 Å². The van der Waals surface area contributed by atoms with Gasteiger partial charge in [0, 0.05) is 24.1 Å². The smallest absolute Gasteiger partial charge is 0.303 e. The summed E-state index contributed by atoms with van der Waals surface area (Å²) in [6.07, 6.45) is -0.0893. The molecule has 0 fully saturated rings. The number of aliphatic carboxylic acids is 1. The summed E-state index contributed by atoms with van der Waals surface area (Å²) in [6, 6.07) is 12.2. The second-order valence-electron chi connectivity index (χ2n) is 5.89. The highest BCUT2D eigenvalue weighted by Crippen LogP contribution is 2.34. The maximum atomic E-state index is 12.4. The van der Waals surface area contributed by atoms with Crippen LogP contribution in [0.4, 0.5) is 5.69 Å². The summed E-state index contributed by atoms with van der Waals surface area (Å²) < 4.78 is 15.6. The third-order valence-electron chi connectivity index (χ3n) is 4.10. The van der Waals surface area contributed by atoms with Crippen molar-refractivity contribution in [2.75, 3.05) is 19.2 Å². The lowest BCUT2D eigenvalue weighted by Gasteiger charge is -2.16. The molecule has 7 heteroatoms. The van der Waals surface area contributed by atoms with Crippen molar-refractivity contribution in [1.82, 2.24) is 0 Å². The van der Waals surface area contributed by atoms with Gasteiger partial charge in [0.1, 0.15) is 5.75 Å². The maximum absolute atomic E-state index is 12.4. The van der Waals surface area contributed by atoms with E-state index in [1.807, 2.05) is 0 Å². The van der Waals surface area contributed by atoms with E-state index in [2.05, 4.69) is 5.32 Å². The Kier molecular flexibility index (Phi) is 5.26. The molecule has 26 heavy (non-hydrogen) atoms. The molecule has 1 heterocycles. The molecule has 7 nitrogen and oxygen atoms in total. The molecule has 0 aliphatic carbocycles. The molecule has 0 saturated carbocycles. The Labute approximate surface area is 150 Å². The van der Waals surface area contributed by atoms with E-state index in [0.717, 1.165) is 5.56 Å². The number of benzene rings is 2. The average molecular weight is 357 g/mol. The number of carboxylic acids is 1. The number of methoxy groups -OCH3 is 1. The highest BCUT2D eigenvalue weighted by Gasteiger charge is 2.20. The van der Waals surface area contributed by atoms with Gasteiger partial charge in [0.05, 0.1) is 13.5 Å². The zero-order chi connectivity index (χ0) is 18.5. The molecule has 3 rings (SSSR count). The Balaban J connectivity index is 1.69. The van der Waals surface area contributed by atoms with Gasteiger partial charge < -0.3 is 24.6 Å². The fraction of sp³-hybridized carbons (Fsp3) is 0.263. The van der Waals surface area contributed by atoms with E-state index in [4.69, 9.17) is 19.3 Å². The van der Waals surface area contributed by atoms with E-state index < -0.39 is 11.9 Å². The minimum absolute atomic E-state index is 0.0487. The van der Waals surface area contributed by atoms with E-state index in [1.165, 1.54) is 0 Å². The van der Waals surface area contributed by atoms with Crippen molar-refractivity contribution < 1.29 is 28.9 Å². The van der Waals surface area contributed by atoms with Gasteiger partial charge in [0.2, 0.25) is 12.7 Å². The Hall–Kier alpha value is -3.22. The maximum Gasteiger partial charge on any atom is 0.303 e. The standard InChI is InChI=1S/C19H19NO6/c1-24-15-5-2-12(3-6-15)13(9-19(22)23)8-18(21)20-14-4-7-16-17(10-14)26-11-25-16/h2-7,10,13H,8-9,11H2,1H3,(H,20,21)(H,22,23). The van der Waals surface area contributed by atoms with Gasteiger partial charge in [-0.1, -0.05) is 12.1 Å². The van der Waals surface area contributed by atoms with Crippen molar-refractivity contribution in [3.63, 3.8) is 0 Å². The number of carbonyl (C=O) groups excluding carboxylic acids is 1. The quantitative estimate of drug-likeness (QED) is 0.791. The Bertz CT molecular complexity index is 802. The monoisotopic (exact) mass is 357 g/mol. The van der Waals surface area contributed by atoms with Gasteiger partial charge in [-0.25, -0.2) is 0 Å². The number of carboxylic acid groups (broad SMARTS) is 1. The van der Waals surface area contributed by atoms with Gasteiger partial charge >= 0.3 is 5.97 Å². The fourth-order valence-corrected chi connectivity index (χ4v) is 2.80. The molecule has 0 spiro atoms. The van der Waals surface area contributed by atoms with Gasteiger partial charge in [-0.2, -0.15) is 0 Å². The van der Waals surface area contributed by atoms with Crippen LogP contribution in [0.2, 0.25) is 0 Å². The summed E-state index contributed by atoms with van der Waals surface area (Å²) in [5.41, 5.74) is 1.34. The number of rotatable bonds is 7. The lowest BCUT2D eigenvalue weighted by atomic mass is 9.92. The highest BCUT2D eigenvalue weighted by molar-refractivity contribution is 5.92. The molecule has 2 N–H and O–H groups in total. The first kappa shape index (κ1) is 17.6. The van der Waals surface area contributed by atoms with Crippen LogP contribution in [0.15, 0.2) is 42.5 Å². The summed E-state index contributed by atoms with van der Waals surface area (Å²) in [5.74, 6) is 0.206. The molecular weight excluding hydrogens is 338 g/mol. The summed E-state index contributed by atoms with van der Waals surface area (Å²) in [6.45, 7) is 0.158. The highest BCUT2D eigenvalue weighted by atomic mass is 16.7. The predicted octanol–water partition coefficient (Wildman–Crippen LogP) is 3.01. The lowest BCUT2D eigenvalue weighted by Crippen LogP contribution is -2.17. The predicted molar refractivity (Wildman–Crippen MR) is 93.8 cm³/mol. The van der Waals surface area contributed by atoms with Crippen LogP contribution >= 0.6 is 0 Å². The van der Waals surface area contributed by atoms with Crippen molar-refractivity contribution in [2.45, 2.75) is 18.8 Å². The fourth-order valence-electron chi connectivity index (χ4n) is 2.80. The molecule has 1 amide bonds. The van der Waals surface area contributed by atoms with E-state index in [1.54, 1.807) is 49.6 Å². The van der Waals surface area contributed by atoms with Crippen LogP contribution in [0.3, 0.4) is 0 Å².